The molecule has 0 saturated carbocycles. The molecule has 1 aliphatic rings. The van der Waals surface area contributed by atoms with Crippen molar-refractivity contribution in [2.24, 2.45) is 5.16 Å². The molecule has 27 heavy (non-hydrogen) atoms. The lowest BCUT2D eigenvalue weighted by atomic mass is 9.95. The van der Waals surface area contributed by atoms with Gasteiger partial charge < -0.3 is 9.94 Å². The van der Waals surface area contributed by atoms with E-state index in [0.717, 1.165) is 6.07 Å². The van der Waals surface area contributed by atoms with Crippen molar-refractivity contribution in [1.29, 1.82) is 0 Å². The molecule has 0 saturated heterocycles. The lowest BCUT2D eigenvalue weighted by Crippen LogP contribution is -2.21. The minimum absolute atomic E-state index is 0.0782. The monoisotopic (exact) mass is 401 g/mol. The Kier molecular flexibility index (Phi) is 4.63. The number of carbonyl (C=O) groups is 1. The van der Waals surface area contributed by atoms with E-state index in [0.29, 0.717) is 23.3 Å². The van der Waals surface area contributed by atoms with Gasteiger partial charge in [-0.2, -0.15) is 17.6 Å². The SMILES string of the molecule is Cc1cc(C2=NOC(F)(c3cc(Cl)cc(C(F)(F)F)c3)C2)ccc1C(=O)O. The van der Waals surface area contributed by atoms with Gasteiger partial charge >= 0.3 is 18.0 Å². The summed E-state index contributed by atoms with van der Waals surface area (Å²) >= 11 is 5.70. The van der Waals surface area contributed by atoms with Gasteiger partial charge in [-0.05, 0) is 48.4 Å². The Labute approximate surface area is 156 Å². The topological polar surface area (TPSA) is 58.9 Å². The summed E-state index contributed by atoms with van der Waals surface area (Å²) in [4.78, 5) is 15.9. The highest BCUT2D eigenvalue weighted by Gasteiger charge is 2.43. The number of halogens is 5. The molecule has 142 valence electrons. The summed E-state index contributed by atoms with van der Waals surface area (Å²) in [6.45, 7) is 1.57. The molecule has 3 rings (SSSR count). The lowest BCUT2D eigenvalue weighted by molar-refractivity contribution is -0.140. The third kappa shape index (κ3) is 3.75. The van der Waals surface area contributed by atoms with Crippen molar-refractivity contribution in [2.45, 2.75) is 25.4 Å². The van der Waals surface area contributed by atoms with Gasteiger partial charge in [0.25, 0.3) is 0 Å². The largest absolute Gasteiger partial charge is 0.478 e. The number of nitrogens with zero attached hydrogens (tertiary/aromatic N) is 1. The molecule has 0 aromatic heterocycles. The molecule has 0 radical (unpaired) electrons. The Balaban J connectivity index is 1.91. The molecule has 1 heterocycles. The molecule has 0 fully saturated rings. The van der Waals surface area contributed by atoms with Crippen LogP contribution < -0.4 is 0 Å². The Morgan fingerprint density at radius 1 is 1.26 bits per heavy atom. The first-order valence-electron chi connectivity index (χ1n) is 7.66. The van der Waals surface area contributed by atoms with Gasteiger partial charge in [0.2, 0.25) is 0 Å². The Morgan fingerprint density at radius 3 is 2.56 bits per heavy atom. The number of benzene rings is 2. The summed E-state index contributed by atoms with van der Waals surface area (Å²) in [5.74, 6) is -3.72. The number of aromatic carboxylic acids is 1. The fraction of sp³-hybridized carbons (Fsp3) is 0.222. The summed E-state index contributed by atoms with van der Waals surface area (Å²) in [5, 5.41) is 12.4. The van der Waals surface area contributed by atoms with Crippen molar-refractivity contribution < 1.29 is 32.3 Å². The smallest absolute Gasteiger partial charge is 0.416 e. The maximum absolute atomic E-state index is 15.2. The number of hydrogen-bond donors (Lipinski definition) is 1. The van der Waals surface area contributed by atoms with Gasteiger partial charge in [0, 0.05) is 10.6 Å². The van der Waals surface area contributed by atoms with Crippen LogP contribution in [-0.2, 0) is 16.9 Å². The van der Waals surface area contributed by atoms with Gasteiger partial charge in [0.15, 0.2) is 0 Å². The summed E-state index contributed by atoms with van der Waals surface area (Å²) in [6, 6.07) is 6.64. The predicted octanol–water partition coefficient (Wildman–Crippen LogP) is 5.31. The zero-order valence-electron chi connectivity index (χ0n) is 13.8. The number of oxime groups is 1. The molecule has 0 aliphatic carbocycles. The van der Waals surface area contributed by atoms with Gasteiger partial charge in [0.05, 0.1) is 23.3 Å². The van der Waals surface area contributed by atoms with Gasteiger partial charge in [-0.25, -0.2) is 4.79 Å². The standard InChI is InChI=1S/C18H12ClF4NO3/c1-9-4-10(2-3-14(9)16(25)26)15-8-17(20,27-24-15)11-5-12(18(21,22)23)7-13(19)6-11/h2-7H,8H2,1H3,(H,25,26). The van der Waals surface area contributed by atoms with E-state index < -0.39 is 35.5 Å². The van der Waals surface area contributed by atoms with Gasteiger partial charge in [-0.1, -0.05) is 22.8 Å². The normalized spacial score (nSPS) is 19.6. The predicted molar refractivity (Wildman–Crippen MR) is 89.6 cm³/mol. The van der Waals surface area contributed by atoms with Crippen molar-refractivity contribution in [2.75, 3.05) is 0 Å². The van der Waals surface area contributed by atoms with Crippen molar-refractivity contribution in [3.05, 3.63) is 69.2 Å². The van der Waals surface area contributed by atoms with Crippen LogP contribution in [0.4, 0.5) is 17.6 Å². The minimum Gasteiger partial charge on any atom is -0.478 e. The van der Waals surface area contributed by atoms with Crippen molar-refractivity contribution >= 4 is 23.3 Å². The average molecular weight is 402 g/mol. The Hall–Kier alpha value is -2.61. The molecule has 2 aromatic carbocycles. The molecule has 4 nitrogen and oxygen atoms in total. The summed E-state index contributed by atoms with van der Waals surface area (Å²) in [6.07, 6.45) is -5.14. The number of carboxylic acids is 1. The maximum Gasteiger partial charge on any atom is 0.416 e. The minimum atomic E-state index is -4.69. The quantitative estimate of drug-likeness (QED) is 0.709. The molecule has 0 bridgehead atoms. The second kappa shape index (κ2) is 6.53. The number of aryl methyl sites for hydroxylation is 1. The maximum atomic E-state index is 15.2. The molecule has 2 aromatic rings. The van der Waals surface area contributed by atoms with Gasteiger partial charge in [0.1, 0.15) is 0 Å². The highest BCUT2D eigenvalue weighted by atomic mass is 35.5. The first-order valence-corrected chi connectivity index (χ1v) is 8.04. The Bertz CT molecular complexity index is 958. The van der Waals surface area contributed by atoms with Crippen LogP contribution in [0.1, 0.15) is 39.0 Å². The highest BCUT2D eigenvalue weighted by Crippen LogP contribution is 2.41. The second-order valence-corrected chi connectivity index (χ2v) is 6.53. The first-order chi connectivity index (χ1) is 12.5. The molecule has 1 aliphatic heterocycles. The third-order valence-corrected chi connectivity index (χ3v) is 4.36. The van der Waals surface area contributed by atoms with Crippen LogP contribution in [0.2, 0.25) is 5.02 Å². The van der Waals surface area contributed by atoms with E-state index in [1.165, 1.54) is 18.2 Å². The average Bonchev–Trinajstić information content (AvgIpc) is 2.97. The number of carboxylic acid groups (broad SMARTS) is 1. The van der Waals surface area contributed by atoms with E-state index in [4.69, 9.17) is 21.5 Å². The van der Waals surface area contributed by atoms with Crippen LogP contribution in [0.5, 0.6) is 0 Å². The molecule has 1 N–H and O–H groups in total. The molecule has 0 spiro atoms. The van der Waals surface area contributed by atoms with Crippen molar-refractivity contribution in [3.63, 3.8) is 0 Å². The summed E-state index contributed by atoms with van der Waals surface area (Å²) in [7, 11) is 0. The molecule has 1 unspecified atom stereocenters. The van der Waals surface area contributed by atoms with Gasteiger partial charge in [-0.15, -0.1) is 0 Å². The van der Waals surface area contributed by atoms with Crippen molar-refractivity contribution in [3.8, 4) is 0 Å². The van der Waals surface area contributed by atoms with E-state index in [9.17, 15) is 18.0 Å². The molecular weight excluding hydrogens is 390 g/mol. The van der Waals surface area contributed by atoms with Gasteiger partial charge in [-0.3, -0.25) is 0 Å². The van der Waals surface area contributed by atoms with Crippen LogP contribution >= 0.6 is 11.6 Å². The van der Waals surface area contributed by atoms with Crippen LogP contribution in [0.3, 0.4) is 0 Å². The molecule has 1 atom stereocenters. The Morgan fingerprint density at radius 2 is 1.96 bits per heavy atom. The second-order valence-electron chi connectivity index (χ2n) is 6.10. The van der Waals surface area contributed by atoms with Crippen LogP contribution in [0.25, 0.3) is 0 Å². The fourth-order valence-electron chi connectivity index (χ4n) is 2.77. The highest BCUT2D eigenvalue weighted by molar-refractivity contribution is 6.30. The zero-order valence-corrected chi connectivity index (χ0v) is 14.5. The number of rotatable bonds is 3. The van der Waals surface area contributed by atoms with E-state index in [1.807, 2.05) is 0 Å². The van der Waals surface area contributed by atoms with E-state index >= 15 is 4.39 Å². The van der Waals surface area contributed by atoms with Crippen LogP contribution in [0, 0.1) is 6.92 Å². The van der Waals surface area contributed by atoms with Crippen LogP contribution in [0.15, 0.2) is 41.6 Å². The molecular formula is C18H12ClF4NO3. The lowest BCUT2D eigenvalue weighted by Gasteiger charge is -2.19. The van der Waals surface area contributed by atoms with E-state index in [-0.39, 0.29) is 16.3 Å². The van der Waals surface area contributed by atoms with E-state index in [2.05, 4.69) is 5.16 Å². The van der Waals surface area contributed by atoms with Crippen LogP contribution in [-0.4, -0.2) is 16.8 Å². The zero-order chi connectivity index (χ0) is 20.0. The molecule has 0 amide bonds. The number of alkyl halides is 4. The van der Waals surface area contributed by atoms with Crippen molar-refractivity contribution in [1.82, 2.24) is 0 Å². The van der Waals surface area contributed by atoms with E-state index in [1.54, 1.807) is 6.92 Å². The molecule has 9 heteroatoms. The first kappa shape index (κ1) is 19.2. The summed E-state index contributed by atoms with van der Waals surface area (Å²) < 4.78 is 54.0. The number of hydrogen-bond acceptors (Lipinski definition) is 3. The fourth-order valence-corrected chi connectivity index (χ4v) is 3.00. The summed E-state index contributed by atoms with van der Waals surface area (Å²) in [5.41, 5.74) is -0.433. The third-order valence-electron chi connectivity index (χ3n) is 4.14.